The lowest BCUT2D eigenvalue weighted by Gasteiger charge is -2.16. The van der Waals surface area contributed by atoms with Crippen molar-refractivity contribution in [2.24, 2.45) is 0 Å². The molecule has 0 radical (unpaired) electrons. The maximum absolute atomic E-state index is 5.40. The first-order chi connectivity index (χ1) is 24.8. The van der Waals surface area contributed by atoms with Crippen molar-refractivity contribution in [2.75, 3.05) is 0 Å². The van der Waals surface area contributed by atoms with E-state index in [0.29, 0.717) is 17.5 Å². The van der Waals surface area contributed by atoms with E-state index in [4.69, 9.17) is 24.9 Å². The van der Waals surface area contributed by atoms with Gasteiger partial charge in [-0.3, -0.25) is 4.98 Å². The highest BCUT2D eigenvalue weighted by molar-refractivity contribution is 6.19. The van der Waals surface area contributed by atoms with Gasteiger partial charge in [-0.1, -0.05) is 158 Å². The first-order valence-corrected chi connectivity index (χ1v) is 16.6. The fraction of sp³-hybridized carbons (Fsp3) is 0. The molecule has 0 bridgehead atoms. The van der Waals surface area contributed by atoms with Gasteiger partial charge in [0.15, 0.2) is 17.5 Å². The number of hydrogen-bond donors (Lipinski definition) is 0. The quantitative estimate of drug-likeness (QED) is 0.169. The second kappa shape index (κ2) is 12.6. The summed E-state index contributed by atoms with van der Waals surface area (Å²) in [7, 11) is 0. The van der Waals surface area contributed by atoms with Gasteiger partial charge in [-0.2, -0.15) is 0 Å². The smallest absolute Gasteiger partial charge is 0.164 e. The average molecular weight is 640 g/mol. The van der Waals surface area contributed by atoms with E-state index in [-0.39, 0.29) is 0 Å². The number of fused-ring (bicyclic) bond motifs is 3. The van der Waals surface area contributed by atoms with E-state index >= 15 is 0 Å². The number of pyridine rings is 2. The standard InChI is InChI=1S/C45H29N5/c1-4-14-31(15-5-1)41-37-22-13-21-36(39-24-10-11-29-46-39)40(37)38-23-12-20-35(42(38)47-41)30-25-27-34(28-26-30)45-49-43(32-16-6-2-7-17-32)48-44(50-45)33-18-8-3-9-19-33/h1-29H. The van der Waals surface area contributed by atoms with Gasteiger partial charge in [-0.05, 0) is 17.7 Å². The monoisotopic (exact) mass is 639 g/mol. The van der Waals surface area contributed by atoms with Gasteiger partial charge in [0.2, 0.25) is 0 Å². The summed E-state index contributed by atoms with van der Waals surface area (Å²) in [6, 6.07) is 57.9. The summed E-state index contributed by atoms with van der Waals surface area (Å²) >= 11 is 0. The highest BCUT2D eigenvalue weighted by Crippen LogP contribution is 2.41. The summed E-state index contributed by atoms with van der Waals surface area (Å²) in [6.45, 7) is 0. The Morgan fingerprint density at radius 3 is 1.40 bits per heavy atom. The topological polar surface area (TPSA) is 64.5 Å². The summed E-state index contributed by atoms with van der Waals surface area (Å²) < 4.78 is 0. The van der Waals surface area contributed by atoms with Crippen molar-refractivity contribution < 1.29 is 0 Å². The Hall–Kier alpha value is -6.85. The SMILES string of the molecule is c1ccc(-c2nc(-c3ccccc3)nc(-c3ccc(-c4cccc5c4nc(-c4ccccc4)c4cccc(-c6ccccn6)c45)cc3)n2)cc1. The van der Waals surface area contributed by atoms with E-state index in [9.17, 15) is 0 Å². The number of rotatable bonds is 6. The molecule has 0 atom stereocenters. The summed E-state index contributed by atoms with van der Waals surface area (Å²) in [5.41, 5.74) is 9.87. The van der Waals surface area contributed by atoms with Crippen molar-refractivity contribution in [3.8, 4) is 67.8 Å². The van der Waals surface area contributed by atoms with Gasteiger partial charge in [0.25, 0.3) is 0 Å². The van der Waals surface area contributed by atoms with E-state index in [0.717, 1.165) is 72.0 Å². The molecule has 3 aromatic heterocycles. The van der Waals surface area contributed by atoms with Crippen molar-refractivity contribution in [2.45, 2.75) is 0 Å². The molecule has 0 saturated carbocycles. The van der Waals surface area contributed by atoms with Crippen LogP contribution < -0.4 is 0 Å². The molecular formula is C45H29N5. The minimum Gasteiger partial charge on any atom is -0.256 e. The molecule has 234 valence electrons. The normalized spacial score (nSPS) is 11.2. The van der Waals surface area contributed by atoms with Crippen LogP contribution in [0.4, 0.5) is 0 Å². The van der Waals surface area contributed by atoms with E-state index in [1.54, 1.807) is 0 Å². The van der Waals surface area contributed by atoms with Gasteiger partial charge < -0.3 is 0 Å². The van der Waals surface area contributed by atoms with Crippen LogP contribution in [-0.4, -0.2) is 24.9 Å². The number of hydrogen-bond acceptors (Lipinski definition) is 5. The van der Waals surface area contributed by atoms with Gasteiger partial charge in [0.05, 0.1) is 16.9 Å². The van der Waals surface area contributed by atoms with Crippen LogP contribution >= 0.6 is 0 Å². The fourth-order valence-corrected chi connectivity index (χ4v) is 6.60. The lowest BCUT2D eigenvalue weighted by atomic mass is 9.92. The molecule has 3 heterocycles. The maximum Gasteiger partial charge on any atom is 0.164 e. The molecule has 0 amide bonds. The predicted octanol–water partition coefficient (Wildman–Crippen LogP) is 11.0. The molecule has 9 aromatic rings. The Morgan fingerprint density at radius 2 is 0.820 bits per heavy atom. The highest BCUT2D eigenvalue weighted by Gasteiger charge is 2.18. The Labute approximate surface area is 289 Å². The number of nitrogens with zero attached hydrogens (tertiary/aromatic N) is 5. The molecule has 5 nitrogen and oxygen atoms in total. The second-order valence-electron chi connectivity index (χ2n) is 12.1. The third-order valence-electron chi connectivity index (χ3n) is 8.99. The zero-order valence-electron chi connectivity index (χ0n) is 27.0. The Kier molecular flexibility index (Phi) is 7.41. The first-order valence-electron chi connectivity index (χ1n) is 16.6. The molecule has 9 rings (SSSR count). The molecule has 6 aromatic carbocycles. The molecule has 0 fully saturated rings. The van der Waals surface area contributed by atoms with Crippen LogP contribution in [0.1, 0.15) is 0 Å². The molecule has 0 aliphatic heterocycles. The summed E-state index contributed by atoms with van der Waals surface area (Å²) in [5, 5.41) is 3.32. The number of para-hydroxylation sites is 1. The van der Waals surface area contributed by atoms with Crippen molar-refractivity contribution in [1.29, 1.82) is 0 Å². The molecule has 0 aliphatic carbocycles. The Bertz CT molecular complexity index is 2550. The van der Waals surface area contributed by atoms with E-state index in [1.165, 1.54) is 0 Å². The maximum atomic E-state index is 5.40. The van der Waals surface area contributed by atoms with Gasteiger partial charge in [-0.25, -0.2) is 19.9 Å². The highest BCUT2D eigenvalue weighted by atomic mass is 15.0. The molecule has 0 spiro atoms. The van der Waals surface area contributed by atoms with Crippen LogP contribution in [0.5, 0.6) is 0 Å². The molecule has 0 aliphatic rings. The summed E-state index contributed by atoms with van der Waals surface area (Å²) in [5.74, 6) is 1.90. The Morgan fingerprint density at radius 1 is 0.320 bits per heavy atom. The number of aromatic nitrogens is 5. The van der Waals surface area contributed by atoms with Crippen LogP contribution in [-0.2, 0) is 0 Å². The molecular weight excluding hydrogens is 611 g/mol. The Balaban J connectivity index is 1.21. The second-order valence-corrected chi connectivity index (χ2v) is 12.1. The van der Waals surface area contributed by atoms with Crippen molar-refractivity contribution >= 4 is 21.7 Å². The summed E-state index contributed by atoms with van der Waals surface area (Å²) in [6.07, 6.45) is 1.85. The lowest BCUT2D eigenvalue weighted by Crippen LogP contribution is -2.00. The average Bonchev–Trinajstić information content (AvgIpc) is 3.21. The van der Waals surface area contributed by atoms with E-state index in [2.05, 4.69) is 91.0 Å². The van der Waals surface area contributed by atoms with E-state index < -0.39 is 0 Å². The van der Waals surface area contributed by atoms with E-state index in [1.807, 2.05) is 85.1 Å². The van der Waals surface area contributed by atoms with Gasteiger partial charge in [-0.15, -0.1) is 0 Å². The zero-order valence-corrected chi connectivity index (χ0v) is 27.0. The van der Waals surface area contributed by atoms with Gasteiger partial charge in [0.1, 0.15) is 0 Å². The molecule has 0 saturated heterocycles. The van der Waals surface area contributed by atoms with Crippen LogP contribution in [0.3, 0.4) is 0 Å². The molecule has 5 heteroatoms. The minimum atomic E-state index is 0.623. The minimum absolute atomic E-state index is 0.623. The fourth-order valence-electron chi connectivity index (χ4n) is 6.60. The van der Waals surface area contributed by atoms with Crippen molar-refractivity contribution in [3.05, 3.63) is 176 Å². The van der Waals surface area contributed by atoms with Crippen molar-refractivity contribution in [1.82, 2.24) is 24.9 Å². The molecule has 0 unspecified atom stereocenters. The largest absolute Gasteiger partial charge is 0.256 e. The third kappa shape index (κ3) is 5.37. The lowest BCUT2D eigenvalue weighted by molar-refractivity contribution is 1.07. The van der Waals surface area contributed by atoms with Crippen LogP contribution in [0.2, 0.25) is 0 Å². The first kappa shape index (κ1) is 29.3. The van der Waals surface area contributed by atoms with Crippen LogP contribution in [0, 0.1) is 0 Å². The van der Waals surface area contributed by atoms with Crippen molar-refractivity contribution in [3.63, 3.8) is 0 Å². The summed E-state index contributed by atoms with van der Waals surface area (Å²) in [4.78, 5) is 24.9. The predicted molar refractivity (Wildman–Crippen MR) is 203 cm³/mol. The molecule has 0 N–H and O–H groups in total. The van der Waals surface area contributed by atoms with Crippen LogP contribution in [0.25, 0.3) is 89.5 Å². The zero-order chi connectivity index (χ0) is 33.3. The van der Waals surface area contributed by atoms with Crippen LogP contribution in [0.15, 0.2) is 176 Å². The molecule has 50 heavy (non-hydrogen) atoms. The van der Waals surface area contributed by atoms with Gasteiger partial charge >= 0.3 is 0 Å². The third-order valence-corrected chi connectivity index (χ3v) is 8.99. The van der Waals surface area contributed by atoms with Gasteiger partial charge in [0, 0.05) is 55.7 Å². The number of benzene rings is 6.